The van der Waals surface area contributed by atoms with Crippen LogP contribution in [0.2, 0.25) is 10.0 Å². The number of hydrazone groups is 1. The fourth-order valence-electron chi connectivity index (χ4n) is 2.89. The lowest BCUT2D eigenvalue weighted by molar-refractivity contribution is -0.122. The minimum atomic E-state index is -0.752. The van der Waals surface area contributed by atoms with Crippen LogP contribution in [-0.2, 0) is 4.79 Å². The summed E-state index contributed by atoms with van der Waals surface area (Å²) in [7, 11) is 0. The molecule has 3 aromatic rings. The second-order valence-corrected chi connectivity index (χ2v) is 9.04. The Balaban J connectivity index is 1.80. The van der Waals surface area contributed by atoms with Crippen LogP contribution in [0.25, 0.3) is 10.2 Å². The molecule has 164 valence electrons. The Kier molecular flexibility index (Phi) is 7.41. The molecule has 1 aromatic heterocycles. The molecular weight excluding hydrogens is 455 g/mol. The summed E-state index contributed by atoms with van der Waals surface area (Å²) in [6.45, 7) is 9.59. The average Bonchev–Trinajstić information content (AvgIpc) is 3.14. The number of fused-ring (bicyclic) bond motifs is 1. The van der Waals surface area contributed by atoms with Crippen molar-refractivity contribution in [3.8, 4) is 5.75 Å². The molecule has 2 N–H and O–H groups in total. The van der Waals surface area contributed by atoms with Gasteiger partial charge in [-0.1, -0.05) is 41.5 Å². The lowest BCUT2D eigenvalue weighted by atomic mass is 10.1. The van der Waals surface area contributed by atoms with E-state index in [0.29, 0.717) is 20.9 Å². The maximum atomic E-state index is 12.8. The Morgan fingerprint density at radius 1 is 1.29 bits per heavy atom. The van der Waals surface area contributed by atoms with Gasteiger partial charge in [0.2, 0.25) is 5.13 Å². The van der Waals surface area contributed by atoms with Crippen LogP contribution in [0, 0.1) is 13.8 Å². The second-order valence-electron chi connectivity index (χ2n) is 7.20. The molecule has 3 rings (SSSR count). The third kappa shape index (κ3) is 5.47. The molecule has 0 spiro atoms. The number of carbonyl (C=O) groups excluding carboxylic acids is 1. The third-order valence-electron chi connectivity index (χ3n) is 4.79. The quantitative estimate of drug-likeness (QED) is 0.288. The van der Waals surface area contributed by atoms with E-state index in [1.54, 1.807) is 25.1 Å². The fourth-order valence-corrected chi connectivity index (χ4v) is 4.23. The first-order valence-electron chi connectivity index (χ1n) is 9.82. The minimum absolute atomic E-state index is 0.275. The van der Waals surface area contributed by atoms with E-state index in [0.717, 1.165) is 39.2 Å². The van der Waals surface area contributed by atoms with Gasteiger partial charge in [-0.2, -0.15) is 5.10 Å². The molecule has 0 bridgehead atoms. The number of hydrogen-bond donors (Lipinski definition) is 2. The maximum Gasteiger partial charge on any atom is 0.265 e. The van der Waals surface area contributed by atoms with E-state index in [2.05, 4.69) is 20.8 Å². The highest BCUT2D eigenvalue weighted by molar-refractivity contribution is 7.22. The van der Waals surface area contributed by atoms with Crippen LogP contribution >= 0.6 is 34.5 Å². The molecule has 0 radical (unpaired) electrons. The molecule has 1 heterocycles. The zero-order chi connectivity index (χ0) is 22.7. The van der Waals surface area contributed by atoms with Gasteiger partial charge in [-0.3, -0.25) is 10.2 Å². The van der Waals surface area contributed by atoms with Crippen LogP contribution in [-0.4, -0.2) is 22.7 Å². The van der Waals surface area contributed by atoms with Crippen LogP contribution in [0.4, 0.5) is 10.8 Å². The Hall–Kier alpha value is -2.35. The topological polar surface area (TPSA) is 75.6 Å². The number of ether oxygens (including phenoxy) is 1. The molecule has 31 heavy (non-hydrogen) atoms. The zero-order valence-corrected chi connectivity index (χ0v) is 20.3. The van der Waals surface area contributed by atoms with Gasteiger partial charge >= 0.3 is 0 Å². The lowest BCUT2D eigenvalue weighted by Gasteiger charge is -2.18. The summed E-state index contributed by atoms with van der Waals surface area (Å²) in [5, 5.41) is 8.87. The fraction of sp³-hybridized carbons (Fsp3) is 0.318. The van der Waals surface area contributed by atoms with Crippen molar-refractivity contribution >= 4 is 67.2 Å². The van der Waals surface area contributed by atoms with E-state index in [1.165, 1.54) is 11.3 Å². The van der Waals surface area contributed by atoms with Crippen molar-refractivity contribution in [2.45, 2.75) is 47.1 Å². The van der Waals surface area contributed by atoms with Crippen molar-refractivity contribution in [3.63, 3.8) is 0 Å². The molecule has 9 heteroatoms. The number of halogens is 2. The first-order valence-corrected chi connectivity index (χ1v) is 11.4. The number of aromatic nitrogens is 1. The van der Waals surface area contributed by atoms with Gasteiger partial charge in [0.05, 0.1) is 15.2 Å². The summed E-state index contributed by atoms with van der Waals surface area (Å²) >= 11 is 13.6. The predicted octanol–water partition coefficient (Wildman–Crippen LogP) is 6.82. The van der Waals surface area contributed by atoms with Crippen molar-refractivity contribution in [1.29, 1.82) is 0 Å². The molecule has 0 saturated carbocycles. The predicted molar refractivity (Wildman–Crippen MR) is 131 cm³/mol. The van der Waals surface area contributed by atoms with Crippen molar-refractivity contribution in [2.24, 2.45) is 5.10 Å². The summed E-state index contributed by atoms with van der Waals surface area (Å²) in [4.78, 5) is 17.4. The average molecular weight is 479 g/mol. The number of aryl methyl sites for hydroxylation is 2. The molecule has 1 amide bonds. The molecular formula is C22H24Cl2N4O2S. The van der Waals surface area contributed by atoms with E-state index in [9.17, 15) is 4.79 Å². The lowest BCUT2D eigenvalue weighted by Crippen LogP contribution is -2.30. The molecule has 0 aliphatic heterocycles. The highest BCUT2D eigenvalue weighted by Gasteiger charge is 2.20. The number of hydrogen-bond acceptors (Lipinski definition) is 6. The van der Waals surface area contributed by atoms with E-state index in [1.807, 2.05) is 33.8 Å². The van der Waals surface area contributed by atoms with E-state index >= 15 is 0 Å². The summed E-state index contributed by atoms with van der Waals surface area (Å²) in [5.41, 5.74) is 7.48. The van der Waals surface area contributed by atoms with Crippen LogP contribution in [0.3, 0.4) is 0 Å². The van der Waals surface area contributed by atoms with Crippen molar-refractivity contribution in [3.05, 3.63) is 45.4 Å². The van der Waals surface area contributed by atoms with Crippen LogP contribution < -0.4 is 15.5 Å². The smallest absolute Gasteiger partial charge is 0.265 e. The summed E-state index contributed by atoms with van der Waals surface area (Å²) in [6, 6.07) is 6.84. The number of benzene rings is 2. The minimum Gasteiger partial charge on any atom is -0.479 e. The molecule has 2 aromatic carbocycles. The molecule has 1 unspecified atom stereocenters. The molecule has 0 saturated heterocycles. The summed E-state index contributed by atoms with van der Waals surface area (Å²) < 4.78 is 6.72. The maximum absolute atomic E-state index is 12.8. The van der Waals surface area contributed by atoms with Gasteiger partial charge in [0.25, 0.3) is 5.91 Å². The standard InChI is InChI=1S/C22H24Cl2N4O2S/c1-6-12(3)27-28-22-25-17-9-11(2)19(13(4)20(17)31-22)26-21(29)14(5)30-18-8-7-15(23)10-16(18)24/h7-10,14H,6H2,1-5H3,(H,25,28)(H,26,29)/b27-12-. The Morgan fingerprint density at radius 3 is 2.71 bits per heavy atom. The monoisotopic (exact) mass is 478 g/mol. The highest BCUT2D eigenvalue weighted by Crippen LogP contribution is 2.35. The van der Waals surface area contributed by atoms with Crippen molar-refractivity contribution in [1.82, 2.24) is 4.98 Å². The normalized spacial score (nSPS) is 12.7. The molecule has 0 aliphatic carbocycles. The van der Waals surface area contributed by atoms with Crippen LogP contribution in [0.15, 0.2) is 29.4 Å². The number of anilines is 2. The molecule has 6 nitrogen and oxygen atoms in total. The molecule has 1 atom stereocenters. The van der Waals surface area contributed by atoms with Gasteiger partial charge in [-0.25, -0.2) is 4.98 Å². The van der Waals surface area contributed by atoms with Crippen molar-refractivity contribution < 1.29 is 9.53 Å². The van der Waals surface area contributed by atoms with Gasteiger partial charge in [0.15, 0.2) is 6.10 Å². The Morgan fingerprint density at radius 2 is 2.03 bits per heavy atom. The zero-order valence-electron chi connectivity index (χ0n) is 18.0. The summed E-state index contributed by atoms with van der Waals surface area (Å²) in [6.07, 6.45) is 0.117. The largest absolute Gasteiger partial charge is 0.479 e. The van der Waals surface area contributed by atoms with Gasteiger partial charge in [0, 0.05) is 16.4 Å². The van der Waals surface area contributed by atoms with Gasteiger partial charge in [0.1, 0.15) is 5.75 Å². The third-order valence-corrected chi connectivity index (χ3v) is 6.41. The first kappa shape index (κ1) is 23.3. The number of carbonyl (C=O) groups is 1. The Labute approximate surface area is 195 Å². The molecule has 0 aliphatic rings. The molecule has 0 fully saturated rings. The van der Waals surface area contributed by atoms with E-state index in [4.69, 9.17) is 27.9 Å². The van der Waals surface area contributed by atoms with E-state index < -0.39 is 6.10 Å². The van der Waals surface area contributed by atoms with Gasteiger partial charge < -0.3 is 10.1 Å². The number of amides is 1. The SMILES string of the molecule is CC/C(C)=N\Nc1nc2cc(C)c(NC(=O)C(C)Oc3ccc(Cl)cc3Cl)c(C)c2s1. The van der Waals surface area contributed by atoms with Gasteiger partial charge in [-0.15, -0.1) is 0 Å². The number of nitrogens with one attached hydrogen (secondary N) is 2. The second kappa shape index (κ2) is 9.85. The number of nitrogens with zero attached hydrogens (tertiary/aromatic N) is 2. The Bertz CT molecular complexity index is 1160. The van der Waals surface area contributed by atoms with Gasteiger partial charge in [-0.05, 0) is 69.5 Å². The summed E-state index contributed by atoms with van der Waals surface area (Å²) in [5.74, 6) is 0.126. The van der Waals surface area contributed by atoms with Crippen LogP contribution in [0.5, 0.6) is 5.75 Å². The first-order chi connectivity index (χ1) is 14.7. The highest BCUT2D eigenvalue weighted by atomic mass is 35.5. The van der Waals surface area contributed by atoms with Crippen LogP contribution in [0.1, 0.15) is 38.3 Å². The van der Waals surface area contributed by atoms with E-state index in [-0.39, 0.29) is 5.91 Å². The van der Waals surface area contributed by atoms with Crippen molar-refractivity contribution in [2.75, 3.05) is 10.7 Å². The number of rotatable bonds is 7. The number of thiazole rings is 1.